The number of hydrogen-bond donors (Lipinski definition) is 1. The van der Waals surface area contributed by atoms with Crippen LogP contribution < -0.4 is 10.9 Å². The Bertz CT molecular complexity index is 605. The highest BCUT2D eigenvalue weighted by Crippen LogP contribution is 1.99. The number of rotatable bonds is 3. The number of carbonyl (C=O) groups excluding carboxylic acids is 1. The SMILES string of the molecule is Cc1cccn(CC(=O)Nc2ccccn2)c1=O. The van der Waals surface area contributed by atoms with Crippen LogP contribution in [-0.2, 0) is 11.3 Å². The summed E-state index contributed by atoms with van der Waals surface area (Å²) in [5.74, 6) is 0.199. The van der Waals surface area contributed by atoms with E-state index in [0.29, 0.717) is 11.4 Å². The molecule has 0 aliphatic heterocycles. The van der Waals surface area contributed by atoms with Crippen molar-refractivity contribution >= 4 is 11.7 Å². The molecule has 0 fully saturated rings. The van der Waals surface area contributed by atoms with Crippen molar-refractivity contribution in [2.24, 2.45) is 0 Å². The van der Waals surface area contributed by atoms with Gasteiger partial charge in [-0.2, -0.15) is 0 Å². The lowest BCUT2D eigenvalue weighted by Crippen LogP contribution is -2.28. The second kappa shape index (κ2) is 5.27. The summed E-state index contributed by atoms with van der Waals surface area (Å²) in [5.41, 5.74) is 0.455. The lowest BCUT2D eigenvalue weighted by molar-refractivity contribution is -0.116. The molecule has 92 valence electrons. The van der Waals surface area contributed by atoms with E-state index in [1.165, 1.54) is 4.57 Å². The molecule has 0 spiro atoms. The zero-order valence-corrected chi connectivity index (χ0v) is 9.96. The van der Waals surface area contributed by atoms with Gasteiger partial charge in [-0.05, 0) is 25.1 Å². The molecule has 2 rings (SSSR count). The van der Waals surface area contributed by atoms with Gasteiger partial charge in [-0.1, -0.05) is 12.1 Å². The van der Waals surface area contributed by atoms with Crippen LogP contribution in [0.1, 0.15) is 5.56 Å². The van der Waals surface area contributed by atoms with Crippen molar-refractivity contribution in [1.82, 2.24) is 9.55 Å². The normalized spacial score (nSPS) is 10.1. The van der Waals surface area contributed by atoms with Crippen LogP contribution in [0.3, 0.4) is 0 Å². The molecule has 2 aromatic rings. The van der Waals surface area contributed by atoms with Crippen molar-refractivity contribution in [3.05, 3.63) is 58.6 Å². The zero-order chi connectivity index (χ0) is 13.0. The van der Waals surface area contributed by atoms with E-state index in [1.54, 1.807) is 49.6 Å². The van der Waals surface area contributed by atoms with Crippen LogP contribution in [0.2, 0.25) is 0 Å². The maximum absolute atomic E-state index is 11.7. The first kappa shape index (κ1) is 12.0. The molecule has 0 aliphatic rings. The molecular formula is C13H13N3O2. The number of anilines is 1. The lowest BCUT2D eigenvalue weighted by atomic mass is 10.3. The van der Waals surface area contributed by atoms with Crippen LogP contribution in [0.25, 0.3) is 0 Å². The van der Waals surface area contributed by atoms with Gasteiger partial charge < -0.3 is 9.88 Å². The second-order valence-electron chi connectivity index (χ2n) is 3.89. The van der Waals surface area contributed by atoms with E-state index >= 15 is 0 Å². The van der Waals surface area contributed by atoms with Crippen LogP contribution in [0.5, 0.6) is 0 Å². The Morgan fingerprint density at radius 3 is 2.89 bits per heavy atom. The number of carbonyl (C=O) groups is 1. The Morgan fingerprint density at radius 1 is 1.33 bits per heavy atom. The van der Waals surface area contributed by atoms with Gasteiger partial charge >= 0.3 is 0 Å². The number of pyridine rings is 2. The average Bonchev–Trinajstić information content (AvgIpc) is 2.36. The molecule has 5 nitrogen and oxygen atoms in total. The van der Waals surface area contributed by atoms with E-state index in [2.05, 4.69) is 10.3 Å². The van der Waals surface area contributed by atoms with Gasteiger partial charge in [0.15, 0.2) is 0 Å². The minimum absolute atomic E-state index is 0.0168. The Morgan fingerprint density at radius 2 is 2.17 bits per heavy atom. The summed E-state index contributed by atoms with van der Waals surface area (Å²) in [6.07, 6.45) is 3.18. The van der Waals surface area contributed by atoms with Gasteiger partial charge in [0.05, 0.1) is 0 Å². The predicted molar refractivity (Wildman–Crippen MR) is 68.3 cm³/mol. The molecule has 0 aliphatic carbocycles. The van der Waals surface area contributed by atoms with Crippen LogP contribution in [0.15, 0.2) is 47.5 Å². The fraction of sp³-hybridized carbons (Fsp3) is 0.154. The maximum atomic E-state index is 11.7. The first-order chi connectivity index (χ1) is 8.66. The van der Waals surface area contributed by atoms with Crippen LogP contribution in [-0.4, -0.2) is 15.5 Å². The molecule has 18 heavy (non-hydrogen) atoms. The van der Waals surface area contributed by atoms with Crippen LogP contribution in [0.4, 0.5) is 5.82 Å². The summed E-state index contributed by atoms with van der Waals surface area (Å²) in [7, 11) is 0. The Kier molecular flexibility index (Phi) is 3.52. The van der Waals surface area contributed by atoms with Gasteiger partial charge in [-0.15, -0.1) is 0 Å². The molecule has 1 amide bonds. The van der Waals surface area contributed by atoms with Crippen molar-refractivity contribution in [2.45, 2.75) is 13.5 Å². The van der Waals surface area contributed by atoms with Gasteiger partial charge in [0.25, 0.3) is 5.56 Å². The topological polar surface area (TPSA) is 64.0 Å². The van der Waals surface area contributed by atoms with E-state index in [4.69, 9.17) is 0 Å². The standard InChI is InChI=1S/C13H13N3O2/c1-10-5-4-8-16(13(10)18)9-12(17)15-11-6-2-3-7-14-11/h2-8H,9H2,1H3,(H,14,15,17). The first-order valence-corrected chi connectivity index (χ1v) is 5.54. The summed E-state index contributed by atoms with van der Waals surface area (Å²) in [6, 6.07) is 8.69. The van der Waals surface area contributed by atoms with E-state index < -0.39 is 0 Å². The second-order valence-corrected chi connectivity index (χ2v) is 3.89. The summed E-state index contributed by atoms with van der Waals surface area (Å²) >= 11 is 0. The van der Waals surface area contributed by atoms with Crippen molar-refractivity contribution in [3.8, 4) is 0 Å². The predicted octanol–water partition coefficient (Wildman–Crippen LogP) is 1.19. The van der Waals surface area contributed by atoms with Crippen molar-refractivity contribution in [1.29, 1.82) is 0 Å². The number of nitrogens with zero attached hydrogens (tertiary/aromatic N) is 2. The first-order valence-electron chi connectivity index (χ1n) is 5.54. The van der Waals surface area contributed by atoms with E-state index in [-0.39, 0.29) is 18.0 Å². The molecular weight excluding hydrogens is 230 g/mol. The maximum Gasteiger partial charge on any atom is 0.253 e. The van der Waals surface area contributed by atoms with Gasteiger partial charge in [-0.25, -0.2) is 4.98 Å². The number of hydrogen-bond acceptors (Lipinski definition) is 3. The summed E-state index contributed by atoms with van der Waals surface area (Å²) in [6.45, 7) is 1.70. The molecule has 2 aromatic heterocycles. The van der Waals surface area contributed by atoms with Crippen LogP contribution in [0, 0.1) is 6.92 Å². The molecule has 0 saturated carbocycles. The number of aryl methyl sites for hydroxylation is 1. The highest BCUT2D eigenvalue weighted by Gasteiger charge is 2.06. The molecule has 1 N–H and O–H groups in total. The molecule has 0 saturated heterocycles. The van der Waals surface area contributed by atoms with E-state index in [1.807, 2.05) is 0 Å². The van der Waals surface area contributed by atoms with Crippen molar-refractivity contribution < 1.29 is 4.79 Å². The Hall–Kier alpha value is -2.43. The highest BCUT2D eigenvalue weighted by atomic mass is 16.2. The van der Waals surface area contributed by atoms with E-state index in [9.17, 15) is 9.59 Å². The molecule has 0 atom stereocenters. The number of nitrogens with one attached hydrogen (secondary N) is 1. The third-order valence-electron chi connectivity index (χ3n) is 2.46. The fourth-order valence-corrected chi connectivity index (χ4v) is 1.56. The van der Waals surface area contributed by atoms with Gasteiger partial charge in [0.2, 0.25) is 5.91 Å². The minimum atomic E-state index is -0.276. The molecule has 5 heteroatoms. The quantitative estimate of drug-likeness (QED) is 0.880. The lowest BCUT2D eigenvalue weighted by Gasteiger charge is -2.07. The van der Waals surface area contributed by atoms with Crippen molar-refractivity contribution in [2.75, 3.05) is 5.32 Å². The largest absolute Gasteiger partial charge is 0.309 e. The monoisotopic (exact) mass is 243 g/mol. The Labute approximate surface area is 104 Å². The third kappa shape index (κ3) is 2.82. The molecule has 2 heterocycles. The van der Waals surface area contributed by atoms with E-state index in [0.717, 1.165) is 0 Å². The third-order valence-corrected chi connectivity index (χ3v) is 2.46. The molecule has 0 unspecified atom stereocenters. The van der Waals surface area contributed by atoms with Gasteiger partial charge in [-0.3, -0.25) is 9.59 Å². The molecule has 0 aromatic carbocycles. The average molecular weight is 243 g/mol. The van der Waals surface area contributed by atoms with Crippen LogP contribution >= 0.6 is 0 Å². The number of aromatic nitrogens is 2. The molecule has 0 bridgehead atoms. The van der Waals surface area contributed by atoms with Crippen molar-refractivity contribution in [3.63, 3.8) is 0 Å². The molecule has 0 radical (unpaired) electrons. The van der Waals surface area contributed by atoms with Gasteiger partial charge in [0.1, 0.15) is 12.4 Å². The minimum Gasteiger partial charge on any atom is -0.309 e. The summed E-state index contributed by atoms with van der Waals surface area (Å²) in [5, 5.41) is 2.63. The smallest absolute Gasteiger partial charge is 0.253 e. The summed E-state index contributed by atoms with van der Waals surface area (Å²) < 4.78 is 1.37. The summed E-state index contributed by atoms with van der Waals surface area (Å²) in [4.78, 5) is 27.4. The fourth-order valence-electron chi connectivity index (χ4n) is 1.56. The highest BCUT2D eigenvalue weighted by molar-refractivity contribution is 5.89. The van der Waals surface area contributed by atoms with Gasteiger partial charge in [0, 0.05) is 18.0 Å². The zero-order valence-electron chi connectivity index (χ0n) is 9.96. The Balaban J connectivity index is 2.08. The number of amides is 1.